The van der Waals surface area contributed by atoms with E-state index < -0.39 is 0 Å². The van der Waals surface area contributed by atoms with Crippen LogP contribution in [0.25, 0.3) is 0 Å². The van der Waals surface area contributed by atoms with Gasteiger partial charge in [0, 0.05) is 18.1 Å². The van der Waals surface area contributed by atoms with Crippen molar-refractivity contribution in [2.75, 3.05) is 0 Å². The Hall–Kier alpha value is -0.640. The van der Waals surface area contributed by atoms with E-state index in [1.165, 1.54) is 19.3 Å². The molecular formula is C17H35N3. The molecule has 0 spiro atoms. The summed E-state index contributed by atoms with van der Waals surface area (Å²) >= 11 is 0. The largest absolute Gasteiger partial charge is 0.327 e. The topological polar surface area (TPSA) is 78.1 Å². The van der Waals surface area contributed by atoms with Crippen molar-refractivity contribution in [3.63, 3.8) is 0 Å². The van der Waals surface area contributed by atoms with Crippen LogP contribution in [-0.2, 0) is 0 Å². The minimum Gasteiger partial charge on any atom is -0.327 e. The summed E-state index contributed by atoms with van der Waals surface area (Å²) in [6, 6.07) is 0.632. The van der Waals surface area contributed by atoms with Gasteiger partial charge >= 0.3 is 0 Å². The van der Waals surface area contributed by atoms with Crippen molar-refractivity contribution in [3.05, 3.63) is 24.3 Å². The van der Waals surface area contributed by atoms with Gasteiger partial charge in [0.15, 0.2) is 0 Å². The molecule has 3 nitrogen and oxygen atoms in total. The lowest BCUT2D eigenvalue weighted by molar-refractivity contribution is 0.467. The van der Waals surface area contributed by atoms with E-state index >= 15 is 0 Å². The van der Waals surface area contributed by atoms with Gasteiger partial charge in [-0.2, -0.15) is 0 Å². The third-order valence-electron chi connectivity index (χ3n) is 3.77. The van der Waals surface area contributed by atoms with Crippen molar-refractivity contribution < 1.29 is 0 Å². The zero-order valence-electron chi connectivity index (χ0n) is 13.6. The monoisotopic (exact) mass is 281 g/mol. The Labute approximate surface area is 125 Å². The Kier molecular flexibility index (Phi) is 11.7. The molecule has 1 aliphatic carbocycles. The summed E-state index contributed by atoms with van der Waals surface area (Å²) in [7, 11) is 0. The van der Waals surface area contributed by atoms with E-state index in [0.717, 1.165) is 19.3 Å². The summed E-state index contributed by atoms with van der Waals surface area (Å²) in [6.45, 7) is 6.38. The number of rotatable bonds is 4. The van der Waals surface area contributed by atoms with Crippen molar-refractivity contribution in [1.82, 2.24) is 0 Å². The molecule has 0 radical (unpaired) electrons. The van der Waals surface area contributed by atoms with E-state index in [0.29, 0.717) is 12.0 Å². The molecule has 3 atom stereocenters. The van der Waals surface area contributed by atoms with E-state index in [9.17, 15) is 0 Å². The summed E-state index contributed by atoms with van der Waals surface area (Å²) in [6.07, 6.45) is 15.4. The third-order valence-corrected chi connectivity index (χ3v) is 3.77. The van der Waals surface area contributed by atoms with E-state index in [2.05, 4.69) is 32.1 Å². The van der Waals surface area contributed by atoms with Crippen molar-refractivity contribution >= 4 is 0 Å². The molecule has 0 fully saturated rings. The second-order valence-corrected chi connectivity index (χ2v) is 6.01. The smallest absolute Gasteiger partial charge is 0.0378 e. The molecule has 0 aromatic heterocycles. The highest BCUT2D eigenvalue weighted by molar-refractivity contribution is 4.98. The molecule has 0 aromatic carbocycles. The van der Waals surface area contributed by atoms with Crippen molar-refractivity contribution in [3.8, 4) is 0 Å². The first-order chi connectivity index (χ1) is 9.49. The zero-order valence-corrected chi connectivity index (χ0v) is 13.6. The van der Waals surface area contributed by atoms with Gasteiger partial charge in [-0.15, -0.1) is 0 Å². The average Bonchev–Trinajstić information content (AvgIpc) is 2.41. The van der Waals surface area contributed by atoms with Crippen LogP contribution in [0.2, 0.25) is 0 Å². The second-order valence-electron chi connectivity index (χ2n) is 6.01. The lowest BCUT2D eigenvalue weighted by Crippen LogP contribution is -2.40. The van der Waals surface area contributed by atoms with Crippen LogP contribution in [-0.4, -0.2) is 18.1 Å². The number of hydrogen-bond donors (Lipinski definition) is 3. The van der Waals surface area contributed by atoms with Gasteiger partial charge in [-0.05, 0) is 44.9 Å². The van der Waals surface area contributed by atoms with E-state index in [1.807, 2.05) is 13.0 Å². The predicted molar refractivity (Wildman–Crippen MR) is 90.4 cm³/mol. The molecule has 0 aromatic rings. The van der Waals surface area contributed by atoms with Crippen LogP contribution >= 0.6 is 0 Å². The van der Waals surface area contributed by atoms with Crippen LogP contribution in [0.5, 0.6) is 0 Å². The van der Waals surface area contributed by atoms with Crippen molar-refractivity contribution in [2.45, 2.75) is 77.4 Å². The molecule has 0 bridgehead atoms. The second kappa shape index (κ2) is 12.1. The van der Waals surface area contributed by atoms with Gasteiger partial charge in [0.2, 0.25) is 0 Å². The summed E-state index contributed by atoms with van der Waals surface area (Å²) < 4.78 is 0. The highest BCUT2D eigenvalue weighted by Gasteiger charge is 2.10. The van der Waals surface area contributed by atoms with Crippen LogP contribution in [0.4, 0.5) is 0 Å². The molecule has 0 saturated carbocycles. The minimum absolute atomic E-state index is 0.0836. The van der Waals surface area contributed by atoms with Gasteiger partial charge < -0.3 is 17.2 Å². The lowest BCUT2D eigenvalue weighted by Gasteiger charge is -2.18. The average molecular weight is 281 g/mol. The van der Waals surface area contributed by atoms with Gasteiger partial charge in [0.25, 0.3) is 0 Å². The fourth-order valence-corrected chi connectivity index (χ4v) is 2.02. The molecule has 0 saturated heterocycles. The van der Waals surface area contributed by atoms with Crippen LogP contribution in [0.15, 0.2) is 24.3 Å². The number of allylic oxidation sites excluding steroid dienone is 3. The molecule has 1 aliphatic rings. The normalized spacial score (nSPS) is 26.6. The predicted octanol–water partition coefficient (Wildman–Crippen LogP) is 3.10. The summed E-state index contributed by atoms with van der Waals surface area (Å²) in [5.41, 5.74) is 17.3. The van der Waals surface area contributed by atoms with Gasteiger partial charge in [0.1, 0.15) is 0 Å². The molecule has 118 valence electrons. The Morgan fingerprint density at radius 2 is 1.95 bits per heavy atom. The zero-order chi connectivity index (χ0) is 15.4. The minimum atomic E-state index is 0.0836. The maximum absolute atomic E-state index is 5.82. The Bertz CT molecular complexity index is 271. The Morgan fingerprint density at radius 1 is 1.25 bits per heavy atom. The van der Waals surface area contributed by atoms with E-state index in [4.69, 9.17) is 17.2 Å². The summed E-state index contributed by atoms with van der Waals surface area (Å²) in [5, 5.41) is 0. The molecular weight excluding hydrogens is 246 g/mol. The first-order valence-electron chi connectivity index (χ1n) is 8.03. The molecule has 0 amide bonds. The quantitative estimate of drug-likeness (QED) is 0.693. The number of nitrogens with two attached hydrogens (primary N) is 3. The first kappa shape index (κ1) is 19.4. The molecule has 20 heavy (non-hydrogen) atoms. The van der Waals surface area contributed by atoms with Crippen molar-refractivity contribution in [2.24, 2.45) is 23.1 Å². The Morgan fingerprint density at radius 3 is 2.55 bits per heavy atom. The fraction of sp³-hybridized carbons (Fsp3) is 0.765. The van der Waals surface area contributed by atoms with Gasteiger partial charge in [0.05, 0.1) is 0 Å². The third kappa shape index (κ3) is 10.2. The SMILES string of the molecule is C/C=C/CC[C@@H](N)C(C)C.N[C@@H]1/C=C/CCCC[C@H]1N. The highest BCUT2D eigenvalue weighted by atomic mass is 14.8. The van der Waals surface area contributed by atoms with Gasteiger partial charge in [-0.25, -0.2) is 0 Å². The molecule has 0 unspecified atom stereocenters. The van der Waals surface area contributed by atoms with Crippen LogP contribution in [0.3, 0.4) is 0 Å². The summed E-state index contributed by atoms with van der Waals surface area (Å²) in [4.78, 5) is 0. The summed E-state index contributed by atoms with van der Waals surface area (Å²) in [5.74, 6) is 0.616. The first-order valence-corrected chi connectivity index (χ1v) is 8.03. The van der Waals surface area contributed by atoms with E-state index in [1.54, 1.807) is 0 Å². The van der Waals surface area contributed by atoms with Crippen LogP contribution in [0, 0.1) is 5.92 Å². The molecule has 1 rings (SSSR count). The number of hydrogen-bond acceptors (Lipinski definition) is 3. The van der Waals surface area contributed by atoms with Crippen molar-refractivity contribution in [1.29, 1.82) is 0 Å². The molecule has 3 heteroatoms. The Balaban J connectivity index is 0.000000361. The fourth-order valence-electron chi connectivity index (χ4n) is 2.02. The standard InChI is InChI=1S/C9H19N.C8H16N2/c1-4-5-6-7-9(10)8(2)3;9-7-5-3-1-2-4-6-8(7)10/h4-5,8-9H,6-7,10H2,1-3H3;3,5,7-8H,1-2,4,6,9-10H2/b5-4+;5-3+/t9-;7-,8-/m11/s1. The maximum Gasteiger partial charge on any atom is 0.0378 e. The maximum atomic E-state index is 5.82. The van der Waals surface area contributed by atoms with Crippen LogP contribution in [0.1, 0.15) is 59.3 Å². The molecule has 6 N–H and O–H groups in total. The van der Waals surface area contributed by atoms with E-state index in [-0.39, 0.29) is 12.1 Å². The van der Waals surface area contributed by atoms with Crippen LogP contribution < -0.4 is 17.2 Å². The highest BCUT2D eigenvalue weighted by Crippen LogP contribution is 2.09. The van der Waals surface area contributed by atoms with Gasteiger partial charge in [-0.1, -0.05) is 44.6 Å². The lowest BCUT2D eigenvalue weighted by atomic mass is 9.99. The molecule has 0 heterocycles. The molecule has 0 aliphatic heterocycles. The van der Waals surface area contributed by atoms with Gasteiger partial charge in [-0.3, -0.25) is 0 Å².